The van der Waals surface area contributed by atoms with Gasteiger partial charge in [-0.1, -0.05) is 38.8 Å². The van der Waals surface area contributed by atoms with Crippen LogP contribution in [-0.2, 0) is 22.3 Å². The van der Waals surface area contributed by atoms with Gasteiger partial charge in [-0.05, 0) is 48.2 Å². The van der Waals surface area contributed by atoms with Gasteiger partial charge in [-0.3, -0.25) is 0 Å². The number of rotatable bonds is 8. The summed E-state index contributed by atoms with van der Waals surface area (Å²) >= 11 is 0. The number of benzene rings is 2. The van der Waals surface area contributed by atoms with Crippen molar-refractivity contribution in [1.82, 2.24) is 0 Å². The molecule has 9 nitrogen and oxygen atoms in total. The first kappa shape index (κ1) is 33.5. The van der Waals surface area contributed by atoms with Crippen LogP contribution in [0.4, 0.5) is 0 Å². The molecule has 34 heavy (non-hydrogen) atoms. The van der Waals surface area contributed by atoms with Crippen molar-refractivity contribution in [2.45, 2.75) is 39.5 Å². The van der Waals surface area contributed by atoms with Crippen LogP contribution in [0.3, 0.4) is 0 Å². The van der Waals surface area contributed by atoms with E-state index in [0.29, 0.717) is 0 Å². The molecule has 0 aliphatic heterocycles. The number of carbonyl (C=O) groups is 4. The molecule has 0 saturated heterocycles. The van der Waals surface area contributed by atoms with Gasteiger partial charge in [-0.25, -0.2) is 19.2 Å². The van der Waals surface area contributed by atoms with Gasteiger partial charge in [0.25, 0.3) is 0 Å². The third-order valence-electron chi connectivity index (χ3n) is 4.52. The fourth-order valence-electron chi connectivity index (χ4n) is 3.00. The summed E-state index contributed by atoms with van der Waals surface area (Å²) in [5.41, 5.74) is 2.03. The van der Waals surface area contributed by atoms with Crippen LogP contribution in [0.5, 0.6) is 0 Å². The summed E-state index contributed by atoms with van der Waals surface area (Å²) < 4.78 is 9.28. The van der Waals surface area contributed by atoms with Crippen molar-refractivity contribution in [2.75, 3.05) is 14.2 Å². The molecule has 0 aliphatic carbocycles. The predicted octanol–water partition coefficient (Wildman–Crippen LogP) is 1.08. The maximum Gasteiger partial charge on any atom is 1.00 e. The number of esters is 2. The molecule has 0 unspecified atom stereocenters. The Labute approximate surface area is 220 Å². The van der Waals surface area contributed by atoms with Crippen molar-refractivity contribution in [3.63, 3.8) is 0 Å². The number of hydrogen-bond donors (Lipinski definition) is 2. The minimum Gasteiger partial charge on any atom is -0.870 e. The molecule has 0 aliphatic rings. The van der Waals surface area contributed by atoms with Crippen LogP contribution in [0, 0.1) is 0 Å². The monoisotopic (exact) mass is 484 g/mol. The second-order valence-electron chi connectivity index (χ2n) is 6.85. The Kier molecular flexibility index (Phi) is 16.6. The molecule has 2 aromatic rings. The van der Waals surface area contributed by atoms with E-state index in [1.807, 2.05) is 19.9 Å². The van der Waals surface area contributed by atoms with Crippen molar-refractivity contribution in [2.24, 2.45) is 0 Å². The van der Waals surface area contributed by atoms with Crippen LogP contribution >= 0.6 is 0 Å². The van der Waals surface area contributed by atoms with E-state index in [-0.39, 0.29) is 57.3 Å². The van der Waals surface area contributed by atoms with E-state index in [0.717, 1.165) is 36.8 Å². The Morgan fingerprint density at radius 3 is 1.44 bits per heavy atom. The van der Waals surface area contributed by atoms with E-state index < -0.39 is 23.9 Å². The minimum atomic E-state index is -1.21. The number of carboxylic acids is 2. The first-order valence-corrected chi connectivity index (χ1v) is 10.1. The van der Waals surface area contributed by atoms with Crippen LogP contribution in [0.25, 0.3) is 0 Å². The van der Waals surface area contributed by atoms with Crippen LogP contribution in [0.15, 0.2) is 36.4 Å². The van der Waals surface area contributed by atoms with Gasteiger partial charge >= 0.3 is 53.4 Å². The van der Waals surface area contributed by atoms with Gasteiger partial charge in [0.05, 0.1) is 36.5 Å². The number of carbonyl (C=O) groups excluding carboxylic acids is 2. The summed E-state index contributed by atoms with van der Waals surface area (Å²) in [6.45, 7) is 4.03. The zero-order chi connectivity index (χ0) is 24.3. The maximum atomic E-state index is 11.6. The van der Waals surface area contributed by atoms with Gasteiger partial charge in [0.15, 0.2) is 0 Å². The van der Waals surface area contributed by atoms with Gasteiger partial charge in [0.2, 0.25) is 0 Å². The fraction of sp³-hybridized carbons (Fsp3) is 0.333. The first-order valence-electron chi connectivity index (χ1n) is 10.1. The van der Waals surface area contributed by atoms with Crippen molar-refractivity contribution < 1.29 is 73.9 Å². The molecule has 0 saturated carbocycles. The molecule has 180 valence electrons. The van der Waals surface area contributed by atoms with Crippen molar-refractivity contribution in [3.05, 3.63) is 69.8 Å². The molecule has 2 rings (SSSR count). The predicted molar refractivity (Wildman–Crippen MR) is 119 cm³/mol. The van der Waals surface area contributed by atoms with Crippen LogP contribution in [0.1, 0.15) is 79.2 Å². The number of hydrogen-bond acceptors (Lipinski definition) is 7. The minimum absolute atomic E-state index is 0. The third kappa shape index (κ3) is 9.64. The topological polar surface area (TPSA) is 157 Å². The Hall–Kier alpha value is -2.72. The van der Waals surface area contributed by atoms with Crippen LogP contribution in [-0.4, -0.2) is 53.8 Å². The largest absolute Gasteiger partial charge is 1.00 e. The summed E-state index contributed by atoms with van der Waals surface area (Å²) in [5, 5.41) is 17.6. The quantitative estimate of drug-likeness (QED) is 0.413. The Morgan fingerprint density at radius 2 is 1.06 bits per heavy atom. The van der Waals surface area contributed by atoms with E-state index >= 15 is 0 Å². The van der Waals surface area contributed by atoms with Gasteiger partial charge in [-0.2, -0.15) is 0 Å². The van der Waals surface area contributed by atoms with E-state index in [4.69, 9.17) is 10.2 Å². The summed E-state index contributed by atoms with van der Waals surface area (Å²) in [7, 11) is 2.57. The van der Waals surface area contributed by atoms with E-state index in [2.05, 4.69) is 9.47 Å². The zero-order valence-electron chi connectivity index (χ0n) is 20.1. The molecule has 0 radical (unpaired) electrons. The molecule has 0 spiro atoms. The normalized spacial score (nSPS) is 9.29. The number of aromatic carboxylic acids is 2. The van der Waals surface area contributed by atoms with Gasteiger partial charge in [0.1, 0.15) is 0 Å². The summed E-state index contributed by atoms with van der Waals surface area (Å²) in [6.07, 6.45) is 3.47. The summed E-state index contributed by atoms with van der Waals surface area (Å²) in [5.74, 6) is -3.47. The van der Waals surface area contributed by atoms with Crippen LogP contribution in [0.2, 0.25) is 0 Å². The van der Waals surface area contributed by atoms with E-state index in [1.54, 1.807) is 18.2 Å². The molecule has 2 aromatic carbocycles. The second kappa shape index (κ2) is 16.8. The smallest absolute Gasteiger partial charge is 0.870 e. The number of ether oxygens (including phenoxy) is 2. The molecule has 0 atom stereocenters. The van der Waals surface area contributed by atoms with Crippen molar-refractivity contribution in [3.8, 4) is 0 Å². The molecular formula is C24H29NaO9. The molecule has 0 bridgehead atoms. The van der Waals surface area contributed by atoms with Gasteiger partial charge < -0.3 is 25.2 Å². The first-order chi connectivity index (χ1) is 15.2. The van der Waals surface area contributed by atoms with Gasteiger partial charge in [0, 0.05) is 0 Å². The van der Waals surface area contributed by atoms with E-state index in [9.17, 15) is 19.2 Å². The molecule has 0 fully saturated rings. The summed E-state index contributed by atoms with van der Waals surface area (Å²) in [4.78, 5) is 44.6. The summed E-state index contributed by atoms with van der Waals surface area (Å²) in [6, 6.07) is 9.53. The van der Waals surface area contributed by atoms with Gasteiger partial charge in [-0.15, -0.1) is 0 Å². The number of carboxylic acid groups (broad SMARTS) is 2. The molecular weight excluding hydrogens is 455 g/mol. The van der Waals surface area contributed by atoms with Crippen LogP contribution < -0.4 is 29.6 Å². The van der Waals surface area contributed by atoms with Crippen molar-refractivity contribution >= 4 is 23.9 Å². The molecule has 10 heteroatoms. The molecule has 0 aromatic heterocycles. The second-order valence-corrected chi connectivity index (χ2v) is 6.85. The third-order valence-corrected chi connectivity index (χ3v) is 4.52. The SMILES string of the molecule is CCCc1ccc(C(=O)O)c(C(=O)O)c1.CCCc1ccc(C(=O)OC)c(C(=O)OC)c1.[Na+].[OH-]. The van der Waals surface area contributed by atoms with E-state index in [1.165, 1.54) is 26.4 Å². The number of methoxy groups -OCH3 is 2. The zero-order valence-corrected chi connectivity index (χ0v) is 22.1. The van der Waals surface area contributed by atoms with Crippen molar-refractivity contribution in [1.29, 1.82) is 0 Å². The molecule has 0 heterocycles. The number of aryl methyl sites for hydroxylation is 2. The molecule has 0 amide bonds. The molecule has 3 N–H and O–H groups in total. The average molecular weight is 484 g/mol. The Bertz CT molecular complexity index is 986. The fourth-order valence-corrected chi connectivity index (χ4v) is 3.00. The Balaban J connectivity index is 0. The standard InChI is InChI=1S/C13H16O4.C11H12O4.Na.H2O/c1-4-5-9-6-7-10(12(14)16-2)11(8-9)13(15)17-3;1-2-3-7-4-5-8(10(12)13)9(6-7)11(14)15;;/h6-8H,4-5H2,1-3H3;4-6H,2-3H2,1H3,(H,12,13)(H,14,15);;1H2/q;;+1;/p-1. The Morgan fingerprint density at radius 1 is 0.676 bits per heavy atom. The average Bonchev–Trinajstić information content (AvgIpc) is 2.78. The maximum absolute atomic E-state index is 11.6.